The molecule has 1 unspecified atom stereocenters. The van der Waals surface area contributed by atoms with Gasteiger partial charge in [0.1, 0.15) is 11.9 Å². The van der Waals surface area contributed by atoms with E-state index < -0.39 is 23.6 Å². The minimum atomic E-state index is -4.54. The van der Waals surface area contributed by atoms with Gasteiger partial charge in [0.15, 0.2) is 0 Å². The van der Waals surface area contributed by atoms with Crippen LogP contribution in [0.3, 0.4) is 0 Å². The number of aryl methyl sites for hydroxylation is 2. The van der Waals surface area contributed by atoms with Crippen LogP contribution in [-0.4, -0.2) is 10.7 Å². The number of nitrogens with one attached hydrogen (secondary N) is 1. The summed E-state index contributed by atoms with van der Waals surface area (Å²) in [4.78, 5) is 11.2. The number of hydrogen-bond acceptors (Lipinski definition) is 3. The number of halogens is 4. The van der Waals surface area contributed by atoms with Crippen molar-refractivity contribution in [1.29, 1.82) is 0 Å². The number of benzene rings is 1. The molecule has 138 valence electrons. The first kappa shape index (κ1) is 21.2. The van der Waals surface area contributed by atoms with Crippen LogP contribution in [0.1, 0.15) is 31.0 Å². The van der Waals surface area contributed by atoms with Crippen molar-refractivity contribution in [1.82, 2.24) is 9.29 Å². The normalized spacial score (nSPS) is 12.3. The molecule has 0 radical (unpaired) electrons. The third kappa shape index (κ3) is 5.89. The molecule has 1 N–H and O–H groups in total. The van der Waals surface area contributed by atoms with E-state index >= 15 is 0 Å². The molecule has 0 aliphatic rings. The zero-order valence-electron chi connectivity index (χ0n) is 14.3. The van der Waals surface area contributed by atoms with Gasteiger partial charge in [0.2, 0.25) is 0 Å². The number of aromatic nitrogens is 1. The number of nitrogens with zero attached hydrogens (tertiary/aromatic N) is 1. The van der Waals surface area contributed by atoms with Crippen molar-refractivity contribution in [3.63, 3.8) is 0 Å². The molecular formula is C17H20F4N2OS. The lowest BCUT2D eigenvalue weighted by molar-refractivity contribution is -0.152. The van der Waals surface area contributed by atoms with Gasteiger partial charge in [-0.3, -0.25) is 4.79 Å². The summed E-state index contributed by atoms with van der Waals surface area (Å²) >= 11 is 0.499. The van der Waals surface area contributed by atoms with Gasteiger partial charge in [-0.1, -0.05) is 43.7 Å². The van der Waals surface area contributed by atoms with Crippen LogP contribution in [0.2, 0.25) is 0 Å². The third-order valence-corrected chi connectivity index (χ3v) is 4.04. The fourth-order valence-electron chi connectivity index (χ4n) is 1.86. The van der Waals surface area contributed by atoms with Gasteiger partial charge in [0.25, 0.3) is 5.56 Å². The van der Waals surface area contributed by atoms with E-state index in [1.54, 1.807) is 19.1 Å². The van der Waals surface area contributed by atoms with Crippen molar-refractivity contribution in [2.24, 2.45) is 7.05 Å². The monoisotopic (exact) mass is 376 g/mol. The van der Waals surface area contributed by atoms with E-state index in [2.05, 4.69) is 4.72 Å². The van der Waals surface area contributed by atoms with Gasteiger partial charge < -0.3 is 4.57 Å². The van der Waals surface area contributed by atoms with E-state index in [9.17, 15) is 22.4 Å². The van der Waals surface area contributed by atoms with Crippen LogP contribution in [-0.2, 0) is 7.05 Å². The van der Waals surface area contributed by atoms with Crippen LogP contribution >= 0.6 is 11.9 Å². The van der Waals surface area contributed by atoms with Gasteiger partial charge in [0, 0.05) is 19.3 Å². The summed E-state index contributed by atoms with van der Waals surface area (Å²) in [6, 6.07) is 4.68. The second kappa shape index (κ2) is 9.05. The molecule has 0 fully saturated rings. The molecule has 0 spiro atoms. The summed E-state index contributed by atoms with van der Waals surface area (Å²) in [6.45, 7) is 5.77. The topological polar surface area (TPSA) is 34.0 Å². The minimum Gasteiger partial charge on any atom is -0.317 e. The molecule has 0 saturated carbocycles. The predicted octanol–water partition coefficient (Wildman–Crippen LogP) is 4.76. The third-order valence-electron chi connectivity index (χ3n) is 3.17. The van der Waals surface area contributed by atoms with Gasteiger partial charge in [0.05, 0.1) is 4.90 Å². The minimum absolute atomic E-state index is 0.0285. The molecule has 1 aromatic carbocycles. The molecule has 0 saturated heterocycles. The predicted molar refractivity (Wildman–Crippen MR) is 92.0 cm³/mol. The molecule has 3 nitrogen and oxygen atoms in total. The Morgan fingerprint density at radius 3 is 2.24 bits per heavy atom. The van der Waals surface area contributed by atoms with Gasteiger partial charge in [-0.25, -0.2) is 9.11 Å². The quantitative estimate of drug-likeness (QED) is 0.617. The molecule has 2 aromatic rings. The highest BCUT2D eigenvalue weighted by Crippen LogP contribution is 2.35. The highest BCUT2D eigenvalue weighted by molar-refractivity contribution is 7.97. The lowest BCUT2D eigenvalue weighted by atomic mass is 10.1. The number of alkyl halides is 3. The van der Waals surface area contributed by atoms with Gasteiger partial charge >= 0.3 is 6.18 Å². The highest BCUT2D eigenvalue weighted by atomic mass is 32.2. The molecule has 1 aromatic heterocycles. The second-order valence-corrected chi connectivity index (χ2v) is 5.92. The van der Waals surface area contributed by atoms with Crippen molar-refractivity contribution in [2.45, 2.75) is 37.9 Å². The molecule has 0 bridgehead atoms. The van der Waals surface area contributed by atoms with E-state index in [1.165, 1.54) is 19.2 Å². The average Bonchev–Trinajstić information content (AvgIpc) is 2.54. The highest BCUT2D eigenvalue weighted by Gasteiger charge is 2.41. The fourth-order valence-corrected chi connectivity index (χ4v) is 2.74. The van der Waals surface area contributed by atoms with Gasteiger partial charge in [-0.15, -0.1) is 0 Å². The molecule has 1 heterocycles. The second-order valence-electron chi connectivity index (χ2n) is 5.04. The van der Waals surface area contributed by atoms with Gasteiger partial charge in [-0.2, -0.15) is 13.2 Å². The van der Waals surface area contributed by atoms with Crippen molar-refractivity contribution < 1.29 is 17.6 Å². The number of rotatable bonds is 4. The lowest BCUT2D eigenvalue weighted by Crippen LogP contribution is -2.30. The Bertz CT molecular complexity index is 742. The molecule has 0 aliphatic heterocycles. The van der Waals surface area contributed by atoms with E-state index in [4.69, 9.17) is 0 Å². The number of pyridine rings is 1. The van der Waals surface area contributed by atoms with Crippen molar-refractivity contribution >= 4 is 11.9 Å². The molecule has 25 heavy (non-hydrogen) atoms. The Kier molecular flexibility index (Phi) is 7.69. The molecule has 8 heteroatoms. The largest absolute Gasteiger partial charge is 0.408 e. The van der Waals surface area contributed by atoms with Crippen LogP contribution in [0.25, 0.3) is 0 Å². The first-order chi connectivity index (χ1) is 11.7. The summed E-state index contributed by atoms with van der Waals surface area (Å²) in [5.74, 6) is -0.865. The van der Waals surface area contributed by atoms with Crippen molar-refractivity contribution in [3.8, 4) is 0 Å². The maximum atomic E-state index is 13.7. The smallest absolute Gasteiger partial charge is 0.317 e. The SMILES string of the molecule is CC.Cc1ccc(C(NSc2cn(C)c(=O)cc2F)C(F)(F)F)cc1. The standard InChI is InChI=1S/C15H14F4N2OS.C2H6/c1-9-3-5-10(6-4-9)14(15(17,18)19)20-23-12-8-21(2)13(22)7-11(12)16;1-2/h3-8,14,20H,1-2H3;1-2H3. The Hall–Kier alpha value is -1.80. The summed E-state index contributed by atoms with van der Waals surface area (Å²) in [5.41, 5.74) is 0.296. The van der Waals surface area contributed by atoms with Crippen molar-refractivity contribution in [2.75, 3.05) is 0 Å². The van der Waals surface area contributed by atoms with Crippen LogP contribution in [0.15, 0.2) is 46.2 Å². The van der Waals surface area contributed by atoms with Crippen LogP contribution in [0.5, 0.6) is 0 Å². The van der Waals surface area contributed by atoms with Crippen LogP contribution < -0.4 is 10.3 Å². The first-order valence-corrected chi connectivity index (χ1v) is 8.42. The number of hydrogen-bond donors (Lipinski definition) is 1. The van der Waals surface area contributed by atoms with E-state index in [-0.39, 0.29) is 10.5 Å². The Morgan fingerprint density at radius 2 is 1.72 bits per heavy atom. The molecule has 2 rings (SSSR count). The Labute approximate surface area is 148 Å². The molecular weight excluding hydrogens is 356 g/mol. The molecule has 1 atom stereocenters. The van der Waals surface area contributed by atoms with E-state index in [1.807, 2.05) is 13.8 Å². The van der Waals surface area contributed by atoms with Crippen LogP contribution in [0, 0.1) is 12.7 Å². The first-order valence-electron chi connectivity index (χ1n) is 7.60. The summed E-state index contributed by atoms with van der Waals surface area (Å²) in [7, 11) is 1.40. The summed E-state index contributed by atoms with van der Waals surface area (Å²) < 4.78 is 56.7. The van der Waals surface area contributed by atoms with E-state index in [0.717, 1.165) is 22.4 Å². The zero-order valence-corrected chi connectivity index (χ0v) is 15.1. The molecule has 0 amide bonds. The van der Waals surface area contributed by atoms with Gasteiger partial charge in [-0.05, 0) is 24.4 Å². The average molecular weight is 376 g/mol. The van der Waals surface area contributed by atoms with Crippen molar-refractivity contribution in [3.05, 3.63) is 63.8 Å². The molecule has 0 aliphatic carbocycles. The lowest BCUT2D eigenvalue weighted by Gasteiger charge is -2.21. The fraction of sp³-hybridized carbons (Fsp3) is 0.353. The summed E-state index contributed by atoms with van der Waals surface area (Å²) in [6.07, 6.45) is -3.39. The summed E-state index contributed by atoms with van der Waals surface area (Å²) in [5, 5.41) is 0. The Balaban J connectivity index is 0.00000151. The van der Waals surface area contributed by atoms with E-state index in [0.29, 0.717) is 11.9 Å². The zero-order chi connectivity index (χ0) is 19.2. The maximum absolute atomic E-state index is 13.7. The Morgan fingerprint density at radius 1 is 1.16 bits per heavy atom. The maximum Gasteiger partial charge on any atom is 0.408 e. The van der Waals surface area contributed by atoms with Crippen LogP contribution in [0.4, 0.5) is 17.6 Å².